The van der Waals surface area contributed by atoms with Crippen LogP contribution in [0, 0.1) is 0 Å². The molecule has 13 heteroatoms. The maximum Gasteiger partial charge on any atom is 0.490 e. The first-order valence-corrected chi connectivity index (χ1v) is 10.1. The van der Waals surface area contributed by atoms with Crippen molar-refractivity contribution in [1.82, 2.24) is 14.2 Å². The third-order valence-corrected chi connectivity index (χ3v) is 6.24. The van der Waals surface area contributed by atoms with Gasteiger partial charge in [-0.1, -0.05) is 6.07 Å². The molecule has 1 aromatic rings. The molecule has 2 aliphatic heterocycles. The van der Waals surface area contributed by atoms with Gasteiger partial charge in [-0.3, -0.25) is 9.78 Å². The summed E-state index contributed by atoms with van der Waals surface area (Å²) < 4.78 is 62.8. The number of carboxylic acid groups (broad SMARTS) is 1. The third kappa shape index (κ3) is 5.87. The van der Waals surface area contributed by atoms with Gasteiger partial charge in [-0.25, -0.2) is 13.2 Å². The van der Waals surface area contributed by atoms with Crippen LogP contribution in [-0.2, 0) is 30.9 Å². The molecule has 0 spiro atoms. The fourth-order valence-electron chi connectivity index (χ4n) is 2.94. The molecule has 0 bridgehead atoms. The number of nitrogens with zero attached hydrogens (tertiary/aromatic N) is 3. The van der Waals surface area contributed by atoms with Gasteiger partial charge in [0, 0.05) is 32.0 Å². The first-order chi connectivity index (χ1) is 13.5. The number of carbonyl (C=O) groups is 2. The van der Waals surface area contributed by atoms with E-state index in [4.69, 9.17) is 14.6 Å². The largest absolute Gasteiger partial charge is 0.490 e. The van der Waals surface area contributed by atoms with E-state index in [0.29, 0.717) is 19.6 Å². The van der Waals surface area contributed by atoms with Crippen LogP contribution in [0.5, 0.6) is 0 Å². The zero-order valence-electron chi connectivity index (χ0n) is 15.4. The van der Waals surface area contributed by atoms with Crippen LogP contribution in [0.15, 0.2) is 24.5 Å². The number of amides is 1. The highest BCUT2D eigenvalue weighted by molar-refractivity contribution is 7.89. The third-order valence-electron chi connectivity index (χ3n) is 4.42. The van der Waals surface area contributed by atoms with Gasteiger partial charge in [0.1, 0.15) is 6.61 Å². The summed E-state index contributed by atoms with van der Waals surface area (Å²) in [4.78, 5) is 26.8. The van der Waals surface area contributed by atoms with E-state index in [1.54, 1.807) is 24.2 Å². The highest BCUT2D eigenvalue weighted by Gasteiger charge is 2.46. The summed E-state index contributed by atoms with van der Waals surface area (Å²) in [7, 11) is -3.27. The van der Waals surface area contributed by atoms with Gasteiger partial charge < -0.3 is 14.7 Å². The Morgan fingerprint density at radius 1 is 1.38 bits per heavy atom. The molecule has 0 aromatic carbocycles. The van der Waals surface area contributed by atoms with E-state index in [2.05, 4.69) is 4.98 Å². The van der Waals surface area contributed by atoms with Crippen LogP contribution in [0.2, 0.25) is 0 Å². The molecule has 3 heterocycles. The number of hydrogen-bond acceptors (Lipinski definition) is 6. The second kappa shape index (κ2) is 9.05. The van der Waals surface area contributed by atoms with Gasteiger partial charge in [0.2, 0.25) is 15.9 Å². The summed E-state index contributed by atoms with van der Waals surface area (Å²) in [5.74, 6) is -2.81. The summed E-state index contributed by atoms with van der Waals surface area (Å²) >= 11 is 0. The molecule has 2 saturated heterocycles. The molecule has 2 fully saturated rings. The Bertz CT molecular complexity index is 834. The lowest BCUT2D eigenvalue weighted by atomic mass is 10.1. The second-order valence-corrected chi connectivity index (χ2v) is 8.58. The van der Waals surface area contributed by atoms with Gasteiger partial charge in [0.25, 0.3) is 0 Å². The molecule has 162 valence electrons. The van der Waals surface area contributed by atoms with E-state index in [-0.39, 0.29) is 30.4 Å². The normalized spacial score (nSPS) is 22.6. The van der Waals surface area contributed by atoms with E-state index < -0.39 is 22.2 Å². The highest BCUT2D eigenvalue weighted by Crippen LogP contribution is 2.27. The van der Waals surface area contributed by atoms with Crippen molar-refractivity contribution in [1.29, 1.82) is 0 Å². The molecule has 0 unspecified atom stereocenters. The molecule has 2 atom stereocenters. The molecule has 0 aliphatic carbocycles. The lowest BCUT2D eigenvalue weighted by Crippen LogP contribution is -2.53. The number of morpholine rings is 1. The summed E-state index contributed by atoms with van der Waals surface area (Å²) in [5.41, 5.74) is 0.924. The number of fused-ring (bicyclic) bond motifs is 1. The van der Waals surface area contributed by atoms with Gasteiger partial charge >= 0.3 is 12.1 Å². The van der Waals surface area contributed by atoms with Crippen LogP contribution in [-0.4, -0.2) is 83.4 Å². The van der Waals surface area contributed by atoms with Crippen LogP contribution >= 0.6 is 0 Å². The Labute approximate surface area is 165 Å². The molecule has 1 amide bonds. The average Bonchev–Trinajstić information content (AvgIpc) is 3.10. The van der Waals surface area contributed by atoms with E-state index >= 15 is 0 Å². The zero-order valence-corrected chi connectivity index (χ0v) is 16.2. The molecule has 0 radical (unpaired) electrons. The van der Waals surface area contributed by atoms with Crippen LogP contribution in [0.25, 0.3) is 0 Å². The number of aliphatic carboxylic acids is 1. The van der Waals surface area contributed by atoms with E-state index in [9.17, 15) is 26.4 Å². The molecule has 2 aliphatic rings. The number of rotatable bonds is 4. The number of sulfonamides is 1. The highest BCUT2D eigenvalue weighted by atomic mass is 32.2. The van der Waals surface area contributed by atoms with Crippen molar-refractivity contribution in [3.8, 4) is 0 Å². The lowest BCUT2D eigenvalue weighted by Gasteiger charge is -2.36. The van der Waals surface area contributed by atoms with Gasteiger partial charge in [0.05, 0.1) is 17.9 Å². The smallest absolute Gasteiger partial charge is 0.475 e. The van der Waals surface area contributed by atoms with Crippen molar-refractivity contribution in [3.05, 3.63) is 30.1 Å². The fourth-order valence-corrected chi connectivity index (χ4v) is 4.05. The van der Waals surface area contributed by atoms with Crippen molar-refractivity contribution in [2.24, 2.45) is 0 Å². The number of alkyl halides is 3. The average molecular weight is 439 g/mol. The summed E-state index contributed by atoms with van der Waals surface area (Å²) in [6.45, 7) is 2.67. The minimum atomic E-state index is -5.08. The summed E-state index contributed by atoms with van der Waals surface area (Å²) in [6, 6.07) is 3.49. The molecule has 3 rings (SSSR count). The number of hydrogen-bond donors (Lipinski definition) is 1. The van der Waals surface area contributed by atoms with Crippen molar-refractivity contribution in [2.45, 2.75) is 31.8 Å². The van der Waals surface area contributed by atoms with Crippen molar-refractivity contribution in [3.63, 3.8) is 0 Å². The van der Waals surface area contributed by atoms with Crippen molar-refractivity contribution < 1.29 is 41.0 Å². The second-order valence-electron chi connectivity index (χ2n) is 6.32. The van der Waals surface area contributed by atoms with Crippen LogP contribution < -0.4 is 0 Å². The minimum absolute atomic E-state index is 0.00143. The molecule has 0 saturated carbocycles. The van der Waals surface area contributed by atoms with Crippen molar-refractivity contribution >= 4 is 21.9 Å². The Morgan fingerprint density at radius 2 is 2.03 bits per heavy atom. The number of carboxylic acids is 1. The maximum absolute atomic E-state index is 12.2. The Kier molecular flexibility index (Phi) is 7.19. The fraction of sp³-hybridized carbons (Fsp3) is 0.562. The van der Waals surface area contributed by atoms with Crippen LogP contribution in [0.4, 0.5) is 13.2 Å². The number of pyridine rings is 1. The Morgan fingerprint density at radius 3 is 2.55 bits per heavy atom. The van der Waals surface area contributed by atoms with Crippen LogP contribution in [0.3, 0.4) is 0 Å². The van der Waals surface area contributed by atoms with E-state index in [1.807, 2.05) is 12.1 Å². The lowest BCUT2D eigenvalue weighted by molar-refractivity contribution is -0.192. The molecular formula is C16H20F3N3O6S. The quantitative estimate of drug-likeness (QED) is 0.725. The monoisotopic (exact) mass is 439 g/mol. The summed E-state index contributed by atoms with van der Waals surface area (Å²) in [6.07, 6.45) is -1.94. The van der Waals surface area contributed by atoms with E-state index in [0.717, 1.165) is 5.56 Å². The van der Waals surface area contributed by atoms with Gasteiger partial charge in [0.15, 0.2) is 0 Å². The number of halogens is 3. The molecule has 29 heavy (non-hydrogen) atoms. The van der Waals surface area contributed by atoms with Gasteiger partial charge in [-0.15, -0.1) is 0 Å². The first-order valence-electron chi connectivity index (χ1n) is 8.53. The SMILES string of the molecule is CCS(=O)(=O)N1C[C@@H]2[C@@H](C1)OCC(=O)N2Cc1cccnc1.O=C(O)C(F)(F)F. The topological polar surface area (TPSA) is 117 Å². The first kappa shape index (κ1) is 23.0. The molecular weight excluding hydrogens is 419 g/mol. The number of aromatic nitrogens is 1. The van der Waals surface area contributed by atoms with Crippen LogP contribution in [0.1, 0.15) is 12.5 Å². The Hall–Kier alpha value is -2.25. The maximum atomic E-state index is 12.2. The Balaban J connectivity index is 0.000000370. The van der Waals surface area contributed by atoms with Gasteiger partial charge in [-0.05, 0) is 18.6 Å². The van der Waals surface area contributed by atoms with E-state index in [1.165, 1.54) is 4.31 Å². The molecule has 9 nitrogen and oxygen atoms in total. The number of carbonyl (C=O) groups excluding carboxylic acids is 1. The van der Waals surface area contributed by atoms with Gasteiger partial charge in [-0.2, -0.15) is 17.5 Å². The van der Waals surface area contributed by atoms with Crippen molar-refractivity contribution in [2.75, 3.05) is 25.4 Å². The minimum Gasteiger partial charge on any atom is -0.475 e. The predicted octanol–water partition coefficient (Wildman–Crippen LogP) is 0.476. The zero-order chi connectivity index (χ0) is 21.8. The predicted molar refractivity (Wildman–Crippen MR) is 93.0 cm³/mol. The standard InChI is InChI=1S/C14H19N3O4S.C2HF3O2/c1-2-22(19,20)16-8-12-13(9-16)21-10-14(18)17(12)7-11-4-3-5-15-6-11;3-2(4,5)1(6)7/h3-6,12-13H,2,7-10H2,1H3;(H,6,7)/t12-,13-;/m1./s1. The molecule has 1 aromatic heterocycles. The number of ether oxygens (including phenoxy) is 1. The summed E-state index contributed by atoms with van der Waals surface area (Å²) in [5, 5.41) is 7.12. The molecule has 1 N–H and O–H groups in total.